The summed E-state index contributed by atoms with van der Waals surface area (Å²) in [4.78, 5) is 17.6. The Bertz CT molecular complexity index is 748. The molecular formula is C13H15N3O3S. The van der Waals surface area contributed by atoms with Gasteiger partial charge >= 0.3 is 0 Å². The standard InChI is InChI=1S/C13H15N3O3S/c1-10-4-3-5-11(15-10)9-16(2)20(18,19)12-6-7-13(17)14-8-12/h3-8H,9H2,1-2H3,(H,14,17). The van der Waals surface area contributed by atoms with Crippen molar-refractivity contribution >= 4 is 10.0 Å². The summed E-state index contributed by atoms with van der Waals surface area (Å²) in [5.41, 5.74) is 1.16. The fraction of sp³-hybridized carbons (Fsp3) is 0.231. The zero-order valence-electron chi connectivity index (χ0n) is 11.2. The zero-order chi connectivity index (χ0) is 14.8. The summed E-state index contributed by atoms with van der Waals surface area (Å²) in [5, 5.41) is 0. The van der Waals surface area contributed by atoms with E-state index in [4.69, 9.17) is 0 Å². The summed E-state index contributed by atoms with van der Waals surface area (Å²) in [7, 11) is -2.17. The van der Waals surface area contributed by atoms with E-state index in [1.807, 2.05) is 19.1 Å². The van der Waals surface area contributed by atoms with Gasteiger partial charge in [-0.05, 0) is 25.1 Å². The summed E-state index contributed by atoms with van der Waals surface area (Å²) in [6.45, 7) is 2.02. The maximum atomic E-state index is 12.3. The Morgan fingerprint density at radius 3 is 2.60 bits per heavy atom. The van der Waals surface area contributed by atoms with E-state index in [9.17, 15) is 13.2 Å². The van der Waals surface area contributed by atoms with E-state index >= 15 is 0 Å². The van der Waals surface area contributed by atoms with Gasteiger partial charge in [0.2, 0.25) is 15.6 Å². The largest absolute Gasteiger partial charge is 0.328 e. The van der Waals surface area contributed by atoms with Crippen molar-refractivity contribution in [1.82, 2.24) is 14.3 Å². The second-order valence-electron chi connectivity index (χ2n) is 4.42. The highest BCUT2D eigenvalue weighted by Gasteiger charge is 2.21. The molecule has 7 heteroatoms. The second-order valence-corrected chi connectivity index (χ2v) is 6.46. The molecule has 0 saturated carbocycles. The van der Waals surface area contributed by atoms with Crippen LogP contribution in [0.15, 0.2) is 46.2 Å². The van der Waals surface area contributed by atoms with Gasteiger partial charge in [0.1, 0.15) is 0 Å². The van der Waals surface area contributed by atoms with Gasteiger partial charge in [-0.25, -0.2) is 8.42 Å². The molecule has 0 bridgehead atoms. The van der Waals surface area contributed by atoms with Crippen molar-refractivity contribution in [3.05, 3.63) is 58.3 Å². The van der Waals surface area contributed by atoms with Crippen molar-refractivity contribution < 1.29 is 8.42 Å². The molecule has 6 nitrogen and oxygen atoms in total. The number of nitrogens with zero attached hydrogens (tertiary/aromatic N) is 2. The molecular weight excluding hydrogens is 278 g/mol. The van der Waals surface area contributed by atoms with Crippen molar-refractivity contribution in [3.8, 4) is 0 Å². The minimum Gasteiger partial charge on any atom is -0.328 e. The van der Waals surface area contributed by atoms with Crippen molar-refractivity contribution in [2.75, 3.05) is 7.05 Å². The minimum absolute atomic E-state index is 0.0484. The molecule has 0 radical (unpaired) electrons. The molecule has 2 aromatic heterocycles. The van der Waals surface area contributed by atoms with Crippen LogP contribution in [0.5, 0.6) is 0 Å². The maximum absolute atomic E-state index is 12.3. The fourth-order valence-corrected chi connectivity index (χ4v) is 2.85. The summed E-state index contributed by atoms with van der Waals surface area (Å²) in [6.07, 6.45) is 1.19. The predicted octanol–water partition coefficient (Wildman–Crippen LogP) is 0.899. The third-order valence-corrected chi connectivity index (χ3v) is 4.59. The van der Waals surface area contributed by atoms with Crippen LogP contribution in [0.3, 0.4) is 0 Å². The quantitative estimate of drug-likeness (QED) is 0.908. The lowest BCUT2D eigenvalue weighted by Gasteiger charge is -2.16. The molecule has 2 rings (SSSR count). The predicted molar refractivity (Wildman–Crippen MR) is 74.7 cm³/mol. The number of pyridine rings is 2. The molecule has 20 heavy (non-hydrogen) atoms. The molecule has 0 atom stereocenters. The Kier molecular flexibility index (Phi) is 4.01. The molecule has 106 valence electrons. The molecule has 0 unspecified atom stereocenters. The molecule has 0 fully saturated rings. The summed E-state index contributed by atoms with van der Waals surface area (Å²) >= 11 is 0. The molecule has 0 aliphatic carbocycles. The van der Waals surface area contributed by atoms with Crippen molar-refractivity contribution in [2.24, 2.45) is 0 Å². The number of hydrogen-bond acceptors (Lipinski definition) is 4. The van der Waals surface area contributed by atoms with E-state index in [2.05, 4.69) is 9.97 Å². The Morgan fingerprint density at radius 1 is 1.25 bits per heavy atom. The number of sulfonamides is 1. The average Bonchev–Trinajstić information content (AvgIpc) is 2.39. The molecule has 0 aliphatic heterocycles. The third-order valence-electron chi connectivity index (χ3n) is 2.79. The van der Waals surface area contributed by atoms with Crippen LogP contribution in [0.1, 0.15) is 11.4 Å². The van der Waals surface area contributed by atoms with Gasteiger partial charge in [-0.3, -0.25) is 9.78 Å². The van der Waals surface area contributed by atoms with Crippen molar-refractivity contribution in [2.45, 2.75) is 18.4 Å². The maximum Gasteiger partial charge on any atom is 0.247 e. The topological polar surface area (TPSA) is 83.1 Å². The number of nitrogens with one attached hydrogen (secondary N) is 1. The first-order valence-corrected chi connectivity index (χ1v) is 7.41. The number of hydrogen-bond donors (Lipinski definition) is 1. The lowest BCUT2D eigenvalue weighted by Crippen LogP contribution is -2.27. The SMILES string of the molecule is Cc1cccc(CN(C)S(=O)(=O)c2ccc(=O)[nH]c2)n1. The number of aromatic nitrogens is 2. The van der Waals surface area contributed by atoms with Crippen molar-refractivity contribution in [1.29, 1.82) is 0 Å². The Labute approximate surface area is 117 Å². The summed E-state index contributed by atoms with van der Waals surface area (Å²) < 4.78 is 25.8. The van der Waals surface area contributed by atoms with Gasteiger partial charge < -0.3 is 4.98 Å². The van der Waals surface area contributed by atoms with Crippen molar-refractivity contribution in [3.63, 3.8) is 0 Å². The molecule has 0 saturated heterocycles. The van der Waals surface area contributed by atoms with Gasteiger partial charge in [0.25, 0.3) is 0 Å². The minimum atomic E-state index is -3.64. The van der Waals surface area contributed by atoms with Crippen LogP contribution in [0.25, 0.3) is 0 Å². The number of rotatable bonds is 4. The molecule has 0 amide bonds. The van der Waals surface area contributed by atoms with Gasteiger partial charge in [-0.15, -0.1) is 0 Å². The Morgan fingerprint density at radius 2 is 2.00 bits per heavy atom. The zero-order valence-corrected chi connectivity index (χ0v) is 12.0. The first-order chi connectivity index (χ1) is 9.39. The van der Waals surface area contributed by atoms with Crippen LogP contribution < -0.4 is 5.56 Å². The van der Waals surface area contributed by atoms with Gasteiger partial charge in [0, 0.05) is 25.0 Å². The van der Waals surface area contributed by atoms with E-state index in [1.165, 1.54) is 29.7 Å². The third kappa shape index (κ3) is 3.12. The van der Waals surface area contributed by atoms with Crippen LogP contribution in [0.2, 0.25) is 0 Å². The molecule has 0 aromatic carbocycles. The lowest BCUT2D eigenvalue weighted by atomic mass is 10.3. The monoisotopic (exact) mass is 293 g/mol. The Balaban J connectivity index is 2.25. The molecule has 2 heterocycles. The summed E-state index contributed by atoms with van der Waals surface area (Å²) in [5.74, 6) is 0. The van der Waals surface area contributed by atoms with Crippen LogP contribution in [0.4, 0.5) is 0 Å². The van der Waals surface area contributed by atoms with Crippen LogP contribution in [-0.2, 0) is 16.6 Å². The van der Waals surface area contributed by atoms with Gasteiger partial charge in [0.15, 0.2) is 0 Å². The van der Waals surface area contributed by atoms with E-state index in [-0.39, 0.29) is 17.0 Å². The van der Waals surface area contributed by atoms with Gasteiger partial charge in [-0.2, -0.15) is 4.31 Å². The van der Waals surface area contributed by atoms with Crippen LogP contribution in [-0.4, -0.2) is 29.7 Å². The molecule has 1 N–H and O–H groups in total. The Hall–Kier alpha value is -1.99. The fourth-order valence-electron chi connectivity index (χ4n) is 1.74. The second kappa shape index (κ2) is 5.56. The number of H-pyrrole nitrogens is 1. The first-order valence-electron chi connectivity index (χ1n) is 5.97. The van der Waals surface area contributed by atoms with E-state index in [0.717, 1.165) is 5.69 Å². The van der Waals surface area contributed by atoms with Crippen LogP contribution >= 0.6 is 0 Å². The highest BCUT2D eigenvalue weighted by atomic mass is 32.2. The molecule has 2 aromatic rings. The molecule has 0 spiro atoms. The normalized spacial score (nSPS) is 11.8. The lowest BCUT2D eigenvalue weighted by molar-refractivity contribution is 0.461. The van der Waals surface area contributed by atoms with Gasteiger partial charge in [0.05, 0.1) is 17.1 Å². The first kappa shape index (κ1) is 14.4. The highest BCUT2D eigenvalue weighted by Crippen LogP contribution is 2.14. The number of aromatic amines is 1. The van der Waals surface area contributed by atoms with E-state index in [1.54, 1.807) is 6.07 Å². The van der Waals surface area contributed by atoms with E-state index in [0.29, 0.717) is 5.69 Å². The average molecular weight is 293 g/mol. The molecule has 0 aliphatic rings. The highest BCUT2D eigenvalue weighted by molar-refractivity contribution is 7.89. The summed E-state index contributed by atoms with van der Waals surface area (Å²) in [6, 6.07) is 7.92. The van der Waals surface area contributed by atoms with E-state index < -0.39 is 10.0 Å². The number of aryl methyl sites for hydroxylation is 1. The smallest absolute Gasteiger partial charge is 0.247 e. The van der Waals surface area contributed by atoms with Gasteiger partial charge in [-0.1, -0.05) is 6.07 Å². The van der Waals surface area contributed by atoms with Crippen LogP contribution in [0, 0.1) is 6.92 Å².